The molecule has 0 aliphatic rings. The lowest BCUT2D eigenvalue weighted by Crippen LogP contribution is -2.50. The quantitative estimate of drug-likeness (QED) is 0.297. The van der Waals surface area contributed by atoms with Crippen molar-refractivity contribution in [2.24, 2.45) is 0 Å². The summed E-state index contributed by atoms with van der Waals surface area (Å²) in [7, 11) is -3.58. The lowest BCUT2D eigenvalue weighted by molar-refractivity contribution is -0.141. The molecule has 9 heteroatoms. The van der Waals surface area contributed by atoms with E-state index in [1.807, 2.05) is 87.5 Å². The number of hydrogen-bond donors (Lipinski definition) is 1. The lowest BCUT2D eigenvalue weighted by atomic mass is 10.0. The van der Waals surface area contributed by atoms with Crippen LogP contribution in [0, 0.1) is 13.8 Å². The van der Waals surface area contributed by atoms with E-state index in [2.05, 4.69) is 5.32 Å². The Balaban J connectivity index is 1.89. The Morgan fingerprint density at radius 2 is 1.65 bits per heavy atom. The molecule has 0 bridgehead atoms. The van der Waals surface area contributed by atoms with Gasteiger partial charge in [0.2, 0.25) is 21.8 Å². The number of carbonyl (C=O) groups is 2. The van der Waals surface area contributed by atoms with Gasteiger partial charge in [0.1, 0.15) is 6.04 Å². The normalized spacial score (nSPS) is 12.0. The van der Waals surface area contributed by atoms with E-state index in [9.17, 15) is 18.0 Å². The van der Waals surface area contributed by atoms with Crippen LogP contribution in [-0.4, -0.2) is 50.5 Å². The van der Waals surface area contributed by atoms with Crippen LogP contribution in [0.1, 0.15) is 42.0 Å². The Bertz CT molecular complexity index is 1410. The molecule has 0 heterocycles. The van der Waals surface area contributed by atoms with Crippen LogP contribution >= 0.6 is 11.6 Å². The van der Waals surface area contributed by atoms with Gasteiger partial charge in [0, 0.05) is 37.5 Å². The van der Waals surface area contributed by atoms with Gasteiger partial charge in [-0.25, -0.2) is 8.42 Å². The molecule has 3 aromatic carbocycles. The van der Waals surface area contributed by atoms with Crippen LogP contribution in [0.4, 0.5) is 5.69 Å². The van der Waals surface area contributed by atoms with E-state index in [-0.39, 0.29) is 37.7 Å². The Labute approximate surface area is 243 Å². The van der Waals surface area contributed by atoms with Gasteiger partial charge in [-0.1, -0.05) is 72.3 Å². The maximum Gasteiger partial charge on any atom is 0.243 e. The number of aryl methyl sites for hydroxylation is 2. The van der Waals surface area contributed by atoms with Crippen LogP contribution in [-0.2, 0) is 32.6 Å². The third-order valence-electron chi connectivity index (χ3n) is 6.71. The molecule has 1 N–H and O–H groups in total. The monoisotopic (exact) mass is 583 g/mol. The fraction of sp³-hybridized carbons (Fsp3) is 0.355. The summed E-state index contributed by atoms with van der Waals surface area (Å²) in [4.78, 5) is 28.7. The second-order valence-electron chi connectivity index (χ2n) is 9.94. The highest BCUT2D eigenvalue weighted by Gasteiger charge is 2.30. The standard InChI is InChI=1S/C31H38ClN3O4S/c1-5-33-31(37)29(21-25-12-7-6-8-13-25)34(22-26-14-9-10-15-27(26)32)30(36)16-11-19-35(40(4,38)39)28-20-23(2)17-18-24(28)3/h6-10,12-15,17-18,20,29H,5,11,16,19,21-22H2,1-4H3,(H,33,37)/t29-/m1/s1. The third kappa shape index (κ3) is 8.57. The Kier molecular flexibility index (Phi) is 11.2. The van der Waals surface area contributed by atoms with Gasteiger partial charge in [-0.3, -0.25) is 13.9 Å². The zero-order valence-corrected chi connectivity index (χ0v) is 25.1. The van der Waals surface area contributed by atoms with Crippen molar-refractivity contribution in [1.29, 1.82) is 0 Å². The van der Waals surface area contributed by atoms with Gasteiger partial charge in [-0.2, -0.15) is 0 Å². The van der Waals surface area contributed by atoms with Crippen LogP contribution in [0.15, 0.2) is 72.8 Å². The molecule has 1 atom stereocenters. The van der Waals surface area contributed by atoms with Crippen molar-refractivity contribution in [3.05, 3.63) is 100 Å². The first-order valence-corrected chi connectivity index (χ1v) is 15.6. The minimum atomic E-state index is -3.58. The Morgan fingerprint density at radius 3 is 2.30 bits per heavy atom. The Hall–Kier alpha value is -3.36. The molecule has 2 amide bonds. The molecule has 0 saturated heterocycles. The fourth-order valence-electron chi connectivity index (χ4n) is 4.63. The van der Waals surface area contributed by atoms with E-state index < -0.39 is 16.1 Å². The highest BCUT2D eigenvalue weighted by Crippen LogP contribution is 2.25. The number of sulfonamides is 1. The zero-order chi connectivity index (χ0) is 29.3. The minimum absolute atomic E-state index is 0.0615. The molecule has 3 aromatic rings. The van der Waals surface area contributed by atoms with Gasteiger partial charge in [0.15, 0.2) is 0 Å². The van der Waals surface area contributed by atoms with Crippen molar-refractivity contribution in [2.45, 2.75) is 52.6 Å². The number of rotatable bonds is 13. The SMILES string of the molecule is CCNC(=O)[C@@H](Cc1ccccc1)N(Cc1ccccc1Cl)C(=O)CCCN(c1cc(C)ccc1C)S(C)(=O)=O. The second-order valence-corrected chi connectivity index (χ2v) is 12.3. The fourth-order valence-corrected chi connectivity index (χ4v) is 5.84. The summed E-state index contributed by atoms with van der Waals surface area (Å²) in [5.74, 6) is -0.499. The van der Waals surface area contributed by atoms with Gasteiger partial charge in [-0.05, 0) is 61.6 Å². The molecule has 40 heavy (non-hydrogen) atoms. The molecule has 0 unspecified atom stereocenters. The number of nitrogens with one attached hydrogen (secondary N) is 1. The van der Waals surface area contributed by atoms with Crippen LogP contribution < -0.4 is 9.62 Å². The number of nitrogens with zero attached hydrogens (tertiary/aromatic N) is 2. The summed E-state index contributed by atoms with van der Waals surface area (Å²) in [5, 5.41) is 3.38. The Morgan fingerprint density at radius 1 is 0.975 bits per heavy atom. The van der Waals surface area contributed by atoms with E-state index in [1.54, 1.807) is 11.0 Å². The van der Waals surface area contributed by atoms with E-state index in [4.69, 9.17) is 11.6 Å². The predicted octanol–water partition coefficient (Wildman–Crippen LogP) is 5.28. The summed E-state index contributed by atoms with van der Waals surface area (Å²) in [6.07, 6.45) is 1.85. The molecular formula is C31H38ClN3O4S. The van der Waals surface area contributed by atoms with Crippen molar-refractivity contribution in [1.82, 2.24) is 10.2 Å². The minimum Gasteiger partial charge on any atom is -0.355 e. The average Bonchev–Trinajstić information content (AvgIpc) is 2.91. The number of benzene rings is 3. The number of carbonyl (C=O) groups excluding carboxylic acids is 2. The van der Waals surface area contributed by atoms with Gasteiger partial charge >= 0.3 is 0 Å². The number of anilines is 1. The second kappa shape index (κ2) is 14.3. The molecule has 0 fully saturated rings. The molecule has 7 nitrogen and oxygen atoms in total. The van der Waals surface area contributed by atoms with E-state index >= 15 is 0 Å². The zero-order valence-electron chi connectivity index (χ0n) is 23.6. The molecular weight excluding hydrogens is 546 g/mol. The van der Waals surface area contributed by atoms with Crippen LogP contribution in [0.2, 0.25) is 5.02 Å². The molecule has 0 aliphatic carbocycles. The largest absolute Gasteiger partial charge is 0.355 e. The summed E-state index contributed by atoms with van der Waals surface area (Å²) in [6, 6.07) is 21.7. The summed E-state index contributed by atoms with van der Waals surface area (Å²) in [6.45, 7) is 6.33. The van der Waals surface area contributed by atoms with Crippen LogP contribution in [0.25, 0.3) is 0 Å². The number of hydrogen-bond acceptors (Lipinski definition) is 4. The first-order chi connectivity index (χ1) is 19.0. The molecule has 214 valence electrons. The summed E-state index contributed by atoms with van der Waals surface area (Å²) in [5.41, 5.74) is 4.04. The van der Waals surface area contributed by atoms with E-state index in [0.717, 1.165) is 22.3 Å². The predicted molar refractivity (Wildman–Crippen MR) is 162 cm³/mol. The van der Waals surface area contributed by atoms with Crippen molar-refractivity contribution in [3.63, 3.8) is 0 Å². The van der Waals surface area contributed by atoms with Crippen LogP contribution in [0.5, 0.6) is 0 Å². The topological polar surface area (TPSA) is 86.8 Å². The number of likely N-dealkylation sites (N-methyl/N-ethyl adjacent to an activating group) is 1. The molecule has 3 rings (SSSR count). The summed E-state index contributed by atoms with van der Waals surface area (Å²) < 4.78 is 26.8. The average molecular weight is 584 g/mol. The highest BCUT2D eigenvalue weighted by atomic mass is 35.5. The van der Waals surface area contributed by atoms with Gasteiger partial charge in [-0.15, -0.1) is 0 Å². The van der Waals surface area contributed by atoms with Crippen molar-refractivity contribution < 1.29 is 18.0 Å². The van der Waals surface area contributed by atoms with Crippen molar-refractivity contribution in [2.75, 3.05) is 23.7 Å². The van der Waals surface area contributed by atoms with Crippen molar-refractivity contribution in [3.8, 4) is 0 Å². The third-order valence-corrected chi connectivity index (χ3v) is 8.25. The van der Waals surface area contributed by atoms with Gasteiger partial charge < -0.3 is 10.2 Å². The molecule has 0 saturated carbocycles. The first kappa shape index (κ1) is 31.2. The van der Waals surface area contributed by atoms with Crippen molar-refractivity contribution >= 4 is 39.1 Å². The molecule has 0 spiro atoms. The first-order valence-electron chi connectivity index (χ1n) is 13.4. The van der Waals surface area contributed by atoms with Gasteiger partial charge in [0.25, 0.3) is 0 Å². The van der Waals surface area contributed by atoms with Gasteiger partial charge in [0.05, 0.1) is 11.9 Å². The summed E-state index contributed by atoms with van der Waals surface area (Å²) >= 11 is 6.46. The molecule has 0 aromatic heterocycles. The smallest absolute Gasteiger partial charge is 0.243 e. The van der Waals surface area contributed by atoms with E-state index in [0.29, 0.717) is 23.7 Å². The molecule has 0 aliphatic heterocycles. The number of amides is 2. The highest BCUT2D eigenvalue weighted by molar-refractivity contribution is 7.92. The molecule has 0 radical (unpaired) electrons. The van der Waals surface area contributed by atoms with E-state index in [1.165, 1.54) is 10.6 Å². The lowest BCUT2D eigenvalue weighted by Gasteiger charge is -2.32. The van der Waals surface area contributed by atoms with Crippen LogP contribution in [0.3, 0.4) is 0 Å². The number of halogens is 1. The maximum absolute atomic E-state index is 13.8. The maximum atomic E-state index is 13.8.